The van der Waals surface area contributed by atoms with Crippen LogP contribution in [0.1, 0.15) is 24.0 Å². The molecule has 7 heteroatoms. The van der Waals surface area contributed by atoms with E-state index < -0.39 is 0 Å². The third-order valence-corrected chi connectivity index (χ3v) is 6.74. The number of Topliss-reactive ketones (excluding diaryl/α,β-unsaturated/α-hetero) is 1. The van der Waals surface area contributed by atoms with Gasteiger partial charge in [0, 0.05) is 35.3 Å². The zero-order valence-electron chi connectivity index (χ0n) is 15.5. The molecule has 3 nitrogen and oxygen atoms in total. The fraction of sp³-hybridized carbons (Fsp3) is 0.381. The van der Waals surface area contributed by atoms with E-state index in [0.29, 0.717) is 8.95 Å². The van der Waals surface area contributed by atoms with Gasteiger partial charge in [0.2, 0.25) is 0 Å². The Morgan fingerprint density at radius 2 is 1.25 bits per heavy atom. The van der Waals surface area contributed by atoms with Crippen LogP contribution in [-0.2, 0) is 4.79 Å². The number of carbonyl (C=O) groups is 1. The number of hydrogen-bond donors (Lipinski definition) is 2. The first-order valence-corrected chi connectivity index (χ1v) is 10.8. The van der Waals surface area contributed by atoms with Gasteiger partial charge >= 0.3 is 0 Å². The molecular formula is C21H20Br2F2N2O. The summed E-state index contributed by atoms with van der Waals surface area (Å²) in [6.45, 7) is 3.70. The predicted octanol–water partition coefficient (Wildman–Crippen LogP) is 5.98. The second-order valence-electron chi connectivity index (χ2n) is 7.75. The van der Waals surface area contributed by atoms with E-state index >= 15 is 0 Å². The molecular weight excluding hydrogens is 494 g/mol. The highest BCUT2D eigenvalue weighted by Gasteiger charge is 2.53. The Hall–Kier alpha value is -1.47. The van der Waals surface area contributed by atoms with Crippen molar-refractivity contribution in [1.29, 1.82) is 0 Å². The van der Waals surface area contributed by atoms with E-state index in [0.717, 1.165) is 35.3 Å². The lowest BCUT2D eigenvalue weighted by Gasteiger charge is -2.11. The van der Waals surface area contributed by atoms with Crippen LogP contribution in [0, 0.1) is 37.3 Å². The third kappa shape index (κ3) is 3.96. The molecule has 2 aromatic rings. The predicted molar refractivity (Wildman–Crippen MR) is 114 cm³/mol. The molecule has 2 saturated carbocycles. The molecule has 28 heavy (non-hydrogen) atoms. The summed E-state index contributed by atoms with van der Waals surface area (Å²) >= 11 is 6.41. The van der Waals surface area contributed by atoms with Crippen molar-refractivity contribution in [2.75, 3.05) is 10.6 Å². The van der Waals surface area contributed by atoms with Crippen LogP contribution in [0.25, 0.3) is 0 Å². The van der Waals surface area contributed by atoms with Crippen molar-refractivity contribution >= 4 is 49.0 Å². The van der Waals surface area contributed by atoms with Crippen LogP contribution >= 0.6 is 31.9 Å². The zero-order valence-corrected chi connectivity index (χ0v) is 18.6. The normalized spacial score (nSPS) is 25.4. The van der Waals surface area contributed by atoms with Crippen LogP contribution in [-0.4, -0.2) is 17.9 Å². The van der Waals surface area contributed by atoms with Crippen LogP contribution in [0.2, 0.25) is 0 Å². The van der Waals surface area contributed by atoms with Crippen molar-refractivity contribution in [2.45, 2.75) is 38.8 Å². The molecule has 148 valence electrons. The third-order valence-electron chi connectivity index (χ3n) is 5.53. The topological polar surface area (TPSA) is 41.1 Å². The number of hydrogen-bond acceptors (Lipinski definition) is 3. The van der Waals surface area contributed by atoms with Crippen LogP contribution in [0.4, 0.5) is 20.2 Å². The van der Waals surface area contributed by atoms with E-state index in [-0.39, 0.29) is 41.3 Å². The SMILES string of the molecule is Cc1cc(F)c(Br)cc1NC1CC1C(=O)C1CC1Nc1cc(Br)c(F)cc1C. The van der Waals surface area contributed by atoms with Gasteiger partial charge in [-0.15, -0.1) is 0 Å². The first kappa shape index (κ1) is 19.8. The van der Waals surface area contributed by atoms with Crippen molar-refractivity contribution in [3.05, 3.63) is 56.0 Å². The Labute approximate surface area is 179 Å². The van der Waals surface area contributed by atoms with Crippen LogP contribution in [0.3, 0.4) is 0 Å². The van der Waals surface area contributed by atoms with Gasteiger partial charge < -0.3 is 10.6 Å². The van der Waals surface area contributed by atoms with Crippen molar-refractivity contribution in [2.24, 2.45) is 11.8 Å². The maximum absolute atomic E-state index is 13.6. The first-order chi connectivity index (χ1) is 13.2. The summed E-state index contributed by atoms with van der Waals surface area (Å²) in [5.74, 6) is -0.308. The Kier molecular flexibility index (Phi) is 5.25. The van der Waals surface area contributed by atoms with Gasteiger partial charge in [0.05, 0.1) is 8.95 Å². The molecule has 2 aliphatic rings. The highest BCUT2D eigenvalue weighted by molar-refractivity contribution is 9.10. The molecule has 4 atom stereocenters. The summed E-state index contributed by atoms with van der Waals surface area (Å²) in [6.07, 6.45) is 1.61. The number of anilines is 2. The largest absolute Gasteiger partial charge is 0.381 e. The van der Waals surface area contributed by atoms with Gasteiger partial charge in [0.25, 0.3) is 0 Å². The molecule has 4 rings (SSSR count). The highest BCUT2D eigenvalue weighted by atomic mass is 79.9. The Bertz CT molecular complexity index is 890. The number of halogens is 4. The van der Waals surface area contributed by atoms with E-state index in [9.17, 15) is 13.6 Å². The standard InChI is InChI=1S/C21H20Br2F2N2O/c1-9-3-15(24)13(22)7-17(9)26-19-5-11(19)21(28)12-6-20(12)27-18-8-14(23)16(25)4-10(18)2/h3-4,7-8,11-12,19-20,26-27H,5-6H2,1-2H3. The van der Waals surface area contributed by atoms with E-state index in [1.165, 1.54) is 12.1 Å². The minimum atomic E-state index is -0.291. The van der Waals surface area contributed by atoms with Crippen LogP contribution in [0.15, 0.2) is 33.2 Å². The molecule has 0 saturated heterocycles. The Balaban J connectivity index is 1.34. The summed E-state index contributed by atoms with van der Waals surface area (Å²) in [5, 5.41) is 6.73. The molecule has 0 amide bonds. The van der Waals surface area contributed by atoms with Gasteiger partial charge in [0.15, 0.2) is 0 Å². The molecule has 2 aromatic carbocycles. The highest BCUT2D eigenvalue weighted by Crippen LogP contribution is 2.45. The van der Waals surface area contributed by atoms with Gasteiger partial charge in [-0.2, -0.15) is 0 Å². The van der Waals surface area contributed by atoms with Gasteiger partial charge in [0.1, 0.15) is 17.4 Å². The summed E-state index contributed by atoms with van der Waals surface area (Å²) in [5.41, 5.74) is 3.35. The maximum atomic E-state index is 13.6. The minimum absolute atomic E-state index is 0.000999. The van der Waals surface area contributed by atoms with Gasteiger partial charge in [-0.25, -0.2) is 8.78 Å². The molecule has 2 fully saturated rings. The lowest BCUT2D eigenvalue weighted by atomic mass is 10.1. The van der Waals surface area contributed by atoms with Gasteiger partial charge in [-0.1, -0.05) is 0 Å². The Morgan fingerprint density at radius 3 is 1.64 bits per heavy atom. The number of benzene rings is 2. The van der Waals surface area contributed by atoms with Crippen molar-refractivity contribution in [3.8, 4) is 0 Å². The number of nitrogens with one attached hydrogen (secondary N) is 2. The van der Waals surface area contributed by atoms with Gasteiger partial charge in [-0.05, 0) is 93.9 Å². The smallest absolute Gasteiger partial charge is 0.143 e. The van der Waals surface area contributed by atoms with Crippen molar-refractivity contribution < 1.29 is 13.6 Å². The average Bonchev–Trinajstić information content (AvgIpc) is 3.53. The minimum Gasteiger partial charge on any atom is -0.381 e. The molecule has 0 spiro atoms. The van der Waals surface area contributed by atoms with Crippen molar-refractivity contribution in [1.82, 2.24) is 0 Å². The number of ketones is 1. The zero-order chi connectivity index (χ0) is 20.2. The lowest BCUT2D eigenvalue weighted by Crippen LogP contribution is -2.17. The van der Waals surface area contributed by atoms with E-state index in [1.54, 1.807) is 12.1 Å². The quantitative estimate of drug-likeness (QED) is 0.499. The molecule has 0 aromatic heterocycles. The molecule has 0 heterocycles. The number of aryl methyl sites for hydroxylation is 2. The number of rotatable bonds is 6. The fourth-order valence-corrected chi connectivity index (χ4v) is 4.30. The number of carbonyl (C=O) groups excluding carboxylic acids is 1. The molecule has 2 N–H and O–H groups in total. The molecule has 2 aliphatic carbocycles. The fourth-order valence-electron chi connectivity index (χ4n) is 3.62. The van der Waals surface area contributed by atoms with E-state index in [1.807, 2.05) is 13.8 Å². The summed E-state index contributed by atoms with van der Waals surface area (Å²) in [7, 11) is 0. The van der Waals surface area contributed by atoms with E-state index in [4.69, 9.17) is 0 Å². The second-order valence-corrected chi connectivity index (χ2v) is 9.46. The van der Waals surface area contributed by atoms with Gasteiger partial charge in [-0.3, -0.25) is 4.79 Å². The maximum Gasteiger partial charge on any atom is 0.143 e. The summed E-state index contributed by atoms with van der Waals surface area (Å²) in [4.78, 5) is 12.8. The molecule has 0 aliphatic heterocycles. The van der Waals surface area contributed by atoms with Crippen molar-refractivity contribution in [3.63, 3.8) is 0 Å². The van der Waals surface area contributed by atoms with Crippen LogP contribution < -0.4 is 10.6 Å². The molecule has 0 bridgehead atoms. The lowest BCUT2D eigenvalue weighted by molar-refractivity contribution is -0.121. The first-order valence-electron chi connectivity index (χ1n) is 9.22. The summed E-state index contributed by atoms with van der Waals surface area (Å²) < 4.78 is 28.0. The second kappa shape index (κ2) is 7.41. The van der Waals surface area contributed by atoms with Crippen LogP contribution in [0.5, 0.6) is 0 Å². The summed E-state index contributed by atoms with van der Waals surface area (Å²) in [6, 6.07) is 6.62. The van der Waals surface area contributed by atoms with E-state index in [2.05, 4.69) is 42.5 Å². The molecule has 0 radical (unpaired) electrons. The molecule has 4 unspecified atom stereocenters. The average molecular weight is 514 g/mol. The monoisotopic (exact) mass is 512 g/mol. The Morgan fingerprint density at radius 1 is 0.857 bits per heavy atom.